The summed E-state index contributed by atoms with van der Waals surface area (Å²) in [5.41, 5.74) is 10.3. The molecule has 0 saturated heterocycles. The fourth-order valence-corrected chi connectivity index (χ4v) is 5.98. The zero-order valence-electron chi connectivity index (χ0n) is 23.4. The van der Waals surface area contributed by atoms with Crippen LogP contribution in [-0.4, -0.2) is 15.0 Å². The van der Waals surface area contributed by atoms with Crippen molar-refractivity contribution in [3.63, 3.8) is 0 Å². The predicted molar refractivity (Wildman–Crippen MR) is 176 cm³/mol. The van der Waals surface area contributed by atoms with Gasteiger partial charge in [-0.25, -0.2) is 15.0 Å². The number of benzene rings is 5. The summed E-state index contributed by atoms with van der Waals surface area (Å²) >= 11 is 0. The van der Waals surface area contributed by atoms with E-state index in [1.165, 1.54) is 0 Å². The van der Waals surface area contributed by atoms with Gasteiger partial charge in [-0.1, -0.05) is 115 Å². The van der Waals surface area contributed by atoms with Crippen LogP contribution in [0.4, 0.5) is 0 Å². The van der Waals surface area contributed by atoms with Gasteiger partial charge in [-0.05, 0) is 24.3 Å². The highest BCUT2D eigenvalue weighted by Crippen LogP contribution is 2.42. The quantitative estimate of drug-likeness (QED) is 0.212. The maximum absolute atomic E-state index is 6.44. The molecule has 0 radical (unpaired) electrons. The highest BCUT2D eigenvalue weighted by molar-refractivity contribution is 6.23. The summed E-state index contributed by atoms with van der Waals surface area (Å²) in [7, 11) is 0. The van der Waals surface area contributed by atoms with Gasteiger partial charge in [-0.3, -0.25) is 0 Å². The highest BCUT2D eigenvalue weighted by Gasteiger charge is 2.22. The molecule has 0 bridgehead atoms. The van der Waals surface area contributed by atoms with Crippen LogP contribution in [0.25, 0.3) is 89.2 Å². The van der Waals surface area contributed by atoms with Gasteiger partial charge in [0.1, 0.15) is 22.4 Å². The SMILES string of the molecule is c1ccc(-c2cc(-c3ccccc3)nc(-c3ccc(-c4nc5c6ccccc6oc5c5c4oc4ccccc45)cc3)n2)cc1. The first-order valence-corrected chi connectivity index (χ1v) is 14.5. The molecule has 0 spiro atoms. The molecule has 0 fully saturated rings. The van der Waals surface area contributed by atoms with E-state index in [1.807, 2.05) is 72.8 Å². The van der Waals surface area contributed by atoms with E-state index in [9.17, 15) is 0 Å². The maximum atomic E-state index is 6.44. The third-order valence-electron chi connectivity index (χ3n) is 8.11. The van der Waals surface area contributed by atoms with Gasteiger partial charge < -0.3 is 8.83 Å². The van der Waals surface area contributed by atoms with Crippen LogP contribution in [0.5, 0.6) is 0 Å². The van der Waals surface area contributed by atoms with Gasteiger partial charge in [-0.2, -0.15) is 0 Å². The molecule has 5 nitrogen and oxygen atoms in total. The molecule has 5 heteroatoms. The van der Waals surface area contributed by atoms with Crippen molar-refractivity contribution in [1.29, 1.82) is 0 Å². The van der Waals surface area contributed by atoms with E-state index < -0.39 is 0 Å². The molecule has 0 aliphatic carbocycles. The minimum atomic E-state index is 0.662. The highest BCUT2D eigenvalue weighted by atomic mass is 16.3. The largest absolute Gasteiger partial charge is 0.454 e. The zero-order valence-corrected chi connectivity index (χ0v) is 23.4. The monoisotopic (exact) mass is 565 g/mol. The molecule has 4 aromatic heterocycles. The Kier molecular flexibility index (Phi) is 5.43. The Hall–Kier alpha value is -6.07. The van der Waals surface area contributed by atoms with E-state index in [-0.39, 0.29) is 0 Å². The maximum Gasteiger partial charge on any atom is 0.165 e. The lowest BCUT2D eigenvalue weighted by atomic mass is 10.0. The Morgan fingerprint density at radius 1 is 0.409 bits per heavy atom. The van der Waals surface area contributed by atoms with Crippen molar-refractivity contribution in [2.45, 2.75) is 0 Å². The Balaban J connectivity index is 1.22. The molecule has 0 unspecified atom stereocenters. The van der Waals surface area contributed by atoms with E-state index >= 15 is 0 Å². The third-order valence-corrected chi connectivity index (χ3v) is 8.11. The van der Waals surface area contributed by atoms with Crippen LogP contribution in [0.3, 0.4) is 0 Å². The van der Waals surface area contributed by atoms with Crippen LogP contribution < -0.4 is 0 Å². The number of aromatic nitrogens is 3. The number of nitrogens with zero attached hydrogens (tertiary/aromatic N) is 3. The fourth-order valence-electron chi connectivity index (χ4n) is 5.98. The average molecular weight is 566 g/mol. The minimum Gasteiger partial charge on any atom is -0.454 e. The minimum absolute atomic E-state index is 0.662. The summed E-state index contributed by atoms with van der Waals surface area (Å²) in [4.78, 5) is 15.1. The Bertz CT molecular complexity index is 2420. The van der Waals surface area contributed by atoms with Gasteiger partial charge in [0, 0.05) is 33.0 Å². The van der Waals surface area contributed by atoms with Gasteiger partial charge >= 0.3 is 0 Å². The van der Waals surface area contributed by atoms with Crippen LogP contribution in [0.2, 0.25) is 0 Å². The number of para-hydroxylation sites is 2. The normalized spacial score (nSPS) is 11.6. The third kappa shape index (κ3) is 3.91. The molecule has 206 valence electrons. The summed E-state index contributed by atoms with van der Waals surface area (Å²) in [5, 5.41) is 2.92. The molecule has 9 aromatic rings. The second kappa shape index (κ2) is 9.75. The lowest BCUT2D eigenvalue weighted by Gasteiger charge is -2.10. The van der Waals surface area contributed by atoms with Gasteiger partial charge in [0.15, 0.2) is 17.0 Å². The topological polar surface area (TPSA) is 65.0 Å². The summed E-state index contributed by atoms with van der Waals surface area (Å²) < 4.78 is 12.8. The van der Waals surface area contributed by atoms with E-state index in [0.29, 0.717) is 11.4 Å². The molecule has 0 aliphatic rings. The Labute approximate surface area is 252 Å². The van der Waals surface area contributed by atoms with Crippen molar-refractivity contribution in [3.8, 4) is 45.2 Å². The van der Waals surface area contributed by atoms with Crippen molar-refractivity contribution in [3.05, 3.63) is 140 Å². The lowest BCUT2D eigenvalue weighted by Crippen LogP contribution is -1.96. The molecule has 0 atom stereocenters. The fraction of sp³-hybridized carbons (Fsp3) is 0. The second-order valence-electron chi connectivity index (χ2n) is 10.8. The van der Waals surface area contributed by atoms with Crippen LogP contribution in [0.1, 0.15) is 0 Å². The van der Waals surface area contributed by atoms with E-state index in [0.717, 1.165) is 77.8 Å². The molecule has 0 N–H and O–H groups in total. The molecule has 0 amide bonds. The van der Waals surface area contributed by atoms with Gasteiger partial charge in [0.05, 0.1) is 16.8 Å². The lowest BCUT2D eigenvalue weighted by molar-refractivity contribution is 0.661. The summed E-state index contributed by atoms with van der Waals surface area (Å²) in [6.45, 7) is 0. The number of furan rings is 2. The van der Waals surface area contributed by atoms with Crippen molar-refractivity contribution in [2.75, 3.05) is 0 Å². The molecular formula is C39H23N3O2. The van der Waals surface area contributed by atoms with Gasteiger partial charge in [-0.15, -0.1) is 0 Å². The summed E-state index contributed by atoms with van der Waals surface area (Å²) in [6, 6.07) is 46.8. The van der Waals surface area contributed by atoms with Gasteiger partial charge in [0.25, 0.3) is 0 Å². The Morgan fingerprint density at radius 3 is 1.59 bits per heavy atom. The van der Waals surface area contributed by atoms with Crippen molar-refractivity contribution in [2.24, 2.45) is 0 Å². The number of fused-ring (bicyclic) bond motifs is 7. The van der Waals surface area contributed by atoms with Crippen molar-refractivity contribution < 1.29 is 8.83 Å². The molecule has 5 aromatic carbocycles. The zero-order chi connectivity index (χ0) is 29.0. The van der Waals surface area contributed by atoms with Crippen molar-refractivity contribution >= 4 is 44.0 Å². The van der Waals surface area contributed by atoms with Crippen LogP contribution in [0, 0.1) is 0 Å². The molecular weight excluding hydrogens is 542 g/mol. The molecule has 9 rings (SSSR count). The second-order valence-corrected chi connectivity index (χ2v) is 10.8. The first-order chi connectivity index (χ1) is 21.8. The smallest absolute Gasteiger partial charge is 0.165 e. The van der Waals surface area contributed by atoms with Crippen LogP contribution in [0.15, 0.2) is 148 Å². The van der Waals surface area contributed by atoms with Gasteiger partial charge in [0.2, 0.25) is 0 Å². The first-order valence-electron chi connectivity index (χ1n) is 14.5. The molecule has 0 saturated carbocycles. The first kappa shape index (κ1) is 24.5. The molecule has 44 heavy (non-hydrogen) atoms. The summed E-state index contributed by atoms with van der Waals surface area (Å²) in [6.07, 6.45) is 0. The molecule has 4 heterocycles. The van der Waals surface area contributed by atoms with Crippen LogP contribution >= 0.6 is 0 Å². The number of hydrogen-bond acceptors (Lipinski definition) is 5. The average Bonchev–Trinajstić information content (AvgIpc) is 3.67. The number of rotatable bonds is 4. The van der Waals surface area contributed by atoms with Crippen molar-refractivity contribution in [1.82, 2.24) is 15.0 Å². The van der Waals surface area contributed by atoms with Crippen LogP contribution in [-0.2, 0) is 0 Å². The Morgan fingerprint density at radius 2 is 0.932 bits per heavy atom. The summed E-state index contributed by atoms with van der Waals surface area (Å²) in [5.74, 6) is 0.662. The van der Waals surface area contributed by atoms with E-state index in [4.69, 9.17) is 23.8 Å². The van der Waals surface area contributed by atoms with E-state index in [1.54, 1.807) is 0 Å². The number of hydrogen-bond donors (Lipinski definition) is 0. The standard InChI is InChI=1S/C39H23N3O2/c1-3-11-24(12-4-1)30-23-31(25-13-5-2-6-14-25)41-39(40-30)27-21-19-26(20-22-27)35-37-34(28-15-7-9-17-32(28)43-37)38-36(42-35)29-16-8-10-18-33(29)44-38/h1-23H. The predicted octanol–water partition coefficient (Wildman–Crippen LogP) is 10.3. The molecule has 0 aliphatic heterocycles. The number of pyridine rings is 1. The van der Waals surface area contributed by atoms with E-state index in [2.05, 4.69) is 66.7 Å².